The zero-order valence-electron chi connectivity index (χ0n) is 59.1. The first kappa shape index (κ1) is 88.7. The molecule has 568 valence electrons. The molecule has 2 aliphatic heterocycles. The number of aliphatic hydroxyl groups excluding tert-OH is 10. The molecule has 0 spiro atoms. The van der Waals surface area contributed by atoms with Gasteiger partial charge in [-0.3, -0.25) is 18.6 Å². The van der Waals surface area contributed by atoms with Gasteiger partial charge in [0.05, 0.1) is 13.2 Å². The van der Waals surface area contributed by atoms with Crippen molar-refractivity contribution in [2.24, 2.45) is 0 Å². The second-order valence-electron chi connectivity index (χ2n) is 27.1. The molecule has 3 fully saturated rings. The Hall–Kier alpha value is -2.56. The van der Waals surface area contributed by atoms with Crippen molar-refractivity contribution in [2.45, 2.75) is 388 Å². The molecular formula is C72H131O24P. The Labute approximate surface area is 579 Å². The molecule has 0 aromatic rings. The summed E-state index contributed by atoms with van der Waals surface area (Å²) in [5.41, 5.74) is 0. The molecule has 24 nitrogen and oxygen atoms in total. The van der Waals surface area contributed by atoms with Crippen LogP contribution in [0.3, 0.4) is 0 Å². The highest BCUT2D eigenvalue weighted by Gasteiger charge is 2.58. The van der Waals surface area contributed by atoms with Crippen molar-refractivity contribution in [1.29, 1.82) is 0 Å². The Balaban J connectivity index is 1.76. The summed E-state index contributed by atoms with van der Waals surface area (Å²) in [4.78, 5) is 50.8. The lowest BCUT2D eigenvalue weighted by Gasteiger charge is -2.49. The van der Waals surface area contributed by atoms with Gasteiger partial charge in [0.25, 0.3) is 0 Å². The number of phosphoric acid groups is 1. The summed E-state index contributed by atoms with van der Waals surface area (Å²) in [6.45, 7) is 3.34. The molecule has 2 heterocycles. The topological polar surface area (TPSA) is 374 Å². The van der Waals surface area contributed by atoms with E-state index >= 15 is 0 Å². The van der Waals surface area contributed by atoms with Crippen molar-refractivity contribution < 1.29 is 117 Å². The van der Waals surface area contributed by atoms with E-state index in [1.54, 1.807) is 6.08 Å². The quantitative estimate of drug-likeness (QED) is 0.00673. The second-order valence-corrected chi connectivity index (χ2v) is 28.5. The number of carbonyl (C=O) groups excluding carboxylic acids is 3. The lowest BCUT2D eigenvalue weighted by molar-refractivity contribution is -0.360. The monoisotopic (exact) mass is 1410 g/mol. The van der Waals surface area contributed by atoms with Gasteiger partial charge in [-0.2, -0.15) is 0 Å². The Morgan fingerprint density at radius 2 is 0.784 bits per heavy atom. The fourth-order valence-electron chi connectivity index (χ4n) is 12.4. The number of hydrogen-bond donors (Lipinski definition) is 11. The maximum Gasteiger partial charge on any atom is 0.472 e. The van der Waals surface area contributed by atoms with Gasteiger partial charge in [-0.25, -0.2) is 9.36 Å². The lowest BCUT2D eigenvalue weighted by atomic mass is 9.84. The van der Waals surface area contributed by atoms with Crippen LogP contribution in [0.5, 0.6) is 0 Å². The van der Waals surface area contributed by atoms with Crippen LogP contribution in [0.4, 0.5) is 0 Å². The van der Waals surface area contributed by atoms with Gasteiger partial charge in [-0.1, -0.05) is 264 Å². The summed E-state index contributed by atoms with van der Waals surface area (Å²) in [6.07, 6.45) is 14.6. The number of ether oxygens (including phenoxy) is 7. The molecule has 25 heteroatoms. The van der Waals surface area contributed by atoms with Crippen molar-refractivity contribution in [3.05, 3.63) is 24.3 Å². The van der Waals surface area contributed by atoms with Gasteiger partial charge in [0.1, 0.15) is 98.7 Å². The first-order valence-electron chi connectivity index (χ1n) is 37.7. The van der Waals surface area contributed by atoms with E-state index in [-0.39, 0.29) is 12.8 Å². The summed E-state index contributed by atoms with van der Waals surface area (Å²) >= 11 is 0. The largest absolute Gasteiger partial charge is 0.472 e. The van der Waals surface area contributed by atoms with E-state index in [1.807, 2.05) is 6.08 Å². The normalized spacial score (nSPS) is 27.9. The van der Waals surface area contributed by atoms with Crippen molar-refractivity contribution in [3.8, 4) is 0 Å². The molecule has 0 aromatic heterocycles. The summed E-state index contributed by atoms with van der Waals surface area (Å²) in [5.74, 6) is -2.24. The molecule has 0 amide bonds. The highest BCUT2D eigenvalue weighted by atomic mass is 31.2. The van der Waals surface area contributed by atoms with E-state index in [4.69, 9.17) is 42.2 Å². The summed E-state index contributed by atoms with van der Waals surface area (Å²) in [6, 6.07) is 0. The SMILES string of the molecule is CCCCCCCCCCCCC/C=C/C=C/C(=O)OC(COC(=O)CCCCCCCCCCCCCCCC)COP(=O)(O)OC1C(OC2OC(CO)C(O)C(O)C2O)C(O)C(O)C(O)C1OC1OC(COC(=O)CCCCCCCCCCCCCCC)C(O)C(O)C1O. The highest BCUT2D eigenvalue weighted by Crippen LogP contribution is 2.49. The number of aliphatic hydroxyl groups is 10. The zero-order valence-corrected chi connectivity index (χ0v) is 60.0. The predicted octanol–water partition coefficient (Wildman–Crippen LogP) is 10.1. The van der Waals surface area contributed by atoms with Gasteiger partial charge >= 0.3 is 25.7 Å². The fourth-order valence-corrected chi connectivity index (χ4v) is 13.4. The van der Waals surface area contributed by atoms with Crippen LogP contribution in [0.2, 0.25) is 0 Å². The molecule has 1 saturated carbocycles. The van der Waals surface area contributed by atoms with Crippen LogP contribution in [0, 0.1) is 0 Å². The van der Waals surface area contributed by atoms with Gasteiger partial charge in [-0.05, 0) is 25.7 Å². The van der Waals surface area contributed by atoms with E-state index in [0.717, 1.165) is 96.0 Å². The van der Waals surface area contributed by atoms with Gasteiger partial charge in [0.2, 0.25) is 0 Å². The molecule has 2 saturated heterocycles. The number of hydrogen-bond acceptors (Lipinski definition) is 23. The molecule has 11 N–H and O–H groups in total. The number of carbonyl (C=O) groups is 3. The number of allylic oxidation sites excluding steroid dienone is 3. The van der Waals surface area contributed by atoms with Crippen LogP contribution in [-0.4, -0.2) is 204 Å². The van der Waals surface area contributed by atoms with E-state index in [2.05, 4.69) is 20.8 Å². The molecule has 18 unspecified atom stereocenters. The molecule has 0 aromatic carbocycles. The van der Waals surface area contributed by atoms with Gasteiger partial charge in [0.15, 0.2) is 18.7 Å². The average molecular weight is 1410 g/mol. The van der Waals surface area contributed by atoms with Crippen molar-refractivity contribution in [2.75, 3.05) is 26.4 Å². The van der Waals surface area contributed by atoms with Crippen molar-refractivity contribution in [3.63, 3.8) is 0 Å². The standard InChI is InChI=1S/C72H131O24P/c1-4-7-10-13-16-19-22-25-27-30-33-36-39-42-45-48-58(76)91-53(50-88-56(74)46-43-40-37-34-32-29-26-23-20-17-14-11-8-5-2)51-90-97(86,87)96-70-68(94-71-66(84)61(79)59(77)54(49-73)92-71)64(82)63(81)65(83)69(70)95-72-67(85)62(80)60(78)55(93-72)52-89-57(75)47-44-41-38-35-31-28-24-21-18-15-12-9-6-3/h39,42,45,48,53-55,59-73,77-85H,4-38,40-41,43-44,46-47,49-52H2,1-3H3,(H,86,87)/b42-39+,48-45+. The van der Waals surface area contributed by atoms with Crippen LogP contribution in [0.25, 0.3) is 0 Å². The lowest BCUT2D eigenvalue weighted by Crippen LogP contribution is -2.69. The molecule has 3 rings (SSSR count). The molecular weight excluding hydrogens is 1280 g/mol. The Morgan fingerprint density at radius 3 is 1.20 bits per heavy atom. The summed E-state index contributed by atoms with van der Waals surface area (Å²) < 4.78 is 64.8. The van der Waals surface area contributed by atoms with Gasteiger partial charge in [-0.15, -0.1) is 0 Å². The average Bonchev–Trinajstić information content (AvgIpc) is 0.764. The Morgan fingerprint density at radius 1 is 0.423 bits per heavy atom. The summed E-state index contributed by atoms with van der Waals surface area (Å²) in [7, 11) is -5.72. The van der Waals surface area contributed by atoms with Crippen molar-refractivity contribution in [1.82, 2.24) is 0 Å². The molecule has 1 aliphatic carbocycles. The third kappa shape index (κ3) is 37.4. The first-order chi connectivity index (χ1) is 46.8. The van der Waals surface area contributed by atoms with Gasteiger partial charge < -0.3 is 89.1 Å². The predicted molar refractivity (Wildman–Crippen MR) is 365 cm³/mol. The molecule has 0 bridgehead atoms. The molecule has 3 aliphatic rings. The van der Waals surface area contributed by atoms with Crippen LogP contribution < -0.4 is 0 Å². The van der Waals surface area contributed by atoms with Crippen LogP contribution in [0.1, 0.15) is 284 Å². The molecule has 18 atom stereocenters. The number of phosphoric ester groups is 1. The van der Waals surface area contributed by atoms with E-state index in [9.17, 15) is 74.9 Å². The fraction of sp³-hybridized carbons (Fsp3) is 0.903. The summed E-state index contributed by atoms with van der Waals surface area (Å²) in [5, 5.41) is 110. The number of rotatable bonds is 58. The van der Waals surface area contributed by atoms with E-state index in [1.165, 1.54) is 154 Å². The minimum Gasteiger partial charge on any atom is -0.463 e. The Bertz CT molecular complexity index is 2110. The number of esters is 3. The van der Waals surface area contributed by atoms with Gasteiger partial charge in [0, 0.05) is 18.9 Å². The Kier molecular flexibility index (Phi) is 49.5. The molecule has 0 radical (unpaired) electrons. The first-order valence-corrected chi connectivity index (χ1v) is 39.2. The zero-order chi connectivity index (χ0) is 71.1. The third-order valence-corrected chi connectivity index (χ3v) is 19.6. The van der Waals surface area contributed by atoms with E-state index in [0.29, 0.717) is 12.8 Å². The highest BCUT2D eigenvalue weighted by molar-refractivity contribution is 7.47. The maximum absolute atomic E-state index is 14.3. The van der Waals surface area contributed by atoms with E-state index < -0.39 is 156 Å². The maximum atomic E-state index is 14.3. The minimum atomic E-state index is -5.72. The second kappa shape index (κ2) is 54.1. The van der Waals surface area contributed by atoms with Crippen LogP contribution in [0.15, 0.2) is 24.3 Å². The smallest absolute Gasteiger partial charge is 0.463 e. The molecule has 97 heavy (non-hydrogen) atoms. The third-order valence-electron chi connectivity index (χ3n) is 18.6. The van der Waals surface area contributed by atoms with Crippen molar-refractivity contribution >= 4 is 25.7 Å². The number of unbranched alkanes of at least 4 members (excludes halogenated alkanes) is 36. The minimum absolute atomic E-state index is 0.0282. The van der Waals surface area contributed by atoms with Crippen LogP contribution in [-0.2, 0) is 61.2 Å². The van der Waals surface area contributed by atoms with Crippen LogP contribution >= 0.6 is 7.82 Å².